The second kappa shape index (κ2) is 6.82. The fraction of sp³-hybridized carbons (Fsp3) is 0.600. The lowest BCUT2D eigenvalue weighted by molar-refractivity contribution is -0.138. The summed E-state index contributed by atoms with van der Waals surface area (Å²) in [4.78, 5) is 18.9. The number of amides is 1. The van der Waals surface area contributed by atoms with E-state index in [0.717, 1.165) is 63.4 Å². The second-order valence-corrected chi connectivity index (χ2v) is 8.92. The third-order valence-corrected chi connectivity index (χ3v) is 7.02. The van der Waals surface area contributed by atoms with Gasteiger partial charge >= 0.3 is 0 Å². The van der Waals surface area contributed by atoms with Crippen molar-refractivity contribution in [1.82, 2.24) is 15.0 Å². The van der Waals surface area contributed by atoms with Crippen LogP contribution in [0, 0.1) is 5.92 Å². The van der Waals surface area contributed by atoms with E-state index in [4.69, 9.17) is 4.52 Å². The van der Waals surface area contributed by atoms with Crippen LogP contribution in [0.2, 0.25) is 0 Å². The molecule has 1 saturated heterocycles. The van der Waals surface area contributed by atoms with Crippen LogP contribution in [0.1, 0.15) is 53.5 Å². The minimum atomic E-state index is 0.186. The molecule has 1 saturated carbocycles. The fourth-order valence-corrected chi connectivity index (χ4v) is 5.11. The highest BCUT2D eigenvalue weighted by atomic mass is 32.1. The summed E-state index contributed by atoms with van der Waals surface area (Å²) in [7, 11) is 0. The van der Waals surface area contributed by atoms with E-state index in [1.54, 1.807) is 0 Å². The largest absolute Gasteiger partial charge is 0.361 e. The van der Waals surface area contributed by atoms with E-state index in [-0.39, 0.29) is 5.92 Å². The van der Waals surface area contributed by atoms with E-state index in [1.165, 1.54) is 23.3 Å². The fourth-order valence-electron chi connectivity index (χ4n) is 4.22. The lowest BCUT2D eigenvalue weighted by Gasteiger charge is -2.35. The minimum absolute atomic E-state index is 0.186. The van der Waals surface area contributed by atoms with Gasteiger partial charge in [-0.2, -0.15) is 0 Å². The number of carbonyl (C=O) groups is 1. The Morgan fingerprint density at radius 3 is 2.88 bits per heavy atom. The Morgan fingerprint density at radius 2 is 2.08 bits per heavy atom. The molecule has 0 unspecified atom stereocenters. The average Bonchev–Trinajstić information content (AvgIpc) is 3.23. The maximum absolute atomic E-state index is 12.9. The first-order valence-corrected chi connectivity index (χ1v) is 10.7. The molecule has 0 atom stereocenters. The monoisotopic (exact) mass is 371 g/mol. The summed E-state index contributed by atoms with van der Waals surface area (Å²) in [6.45, 7) is 4.48. The molecule has 138 valence electrons. The van der Waals surface area contributed by atoms with Crippen molar-refractivity contribution in [2.75, 3.05) is 19.6 Å². The maximum atomic E-state index is 12.9. The normalized spacial score (nSPS) is 21.8. The Hall–Kier alpha value is -1.66. The zero-order chi connectivity index (χ0) is 17.5. The van der Waals surface area contributed by atoms with Gasteiger partial charge in [-0.3, -0.25) is 9.69 Å². The lowest BCUT2D eigenvalue weighted by Crippen LogP contribution is -2.43. The molecule has 0 spiro atoms. The van der Waals surface area contributed by atoms with Crippen LogP contribution >= 0.6 is 11.3 Å². The van der Waals surface area contributed by atoms with Gasteiger partial charge in [-0.1, -0.05) is 5.16 Å². The molecule has 1 aliphatic carbocycles. The quantitative estimate of drug-likeness (QED) is 0.826. The predicted octanol–water partition coefficient (Wildman–Crippen LogP) is 3.41. The Morgan fingerprint density at radius 1 is 1.23 bits per heavy atom. The molecule has 0 bridgehead atoms. The van der Waals surface area contributed by atoms with E-state index >= 15 is 0 Å². The standard InChI is InChI=1S/C20H25N3O2S/c24-20(23-9-5-19-16(12-23)6-10-26-19)15-3-7-22(8-4-15)13-17-11-18(25-21-17)14-1-2-14/h6,10-11,14-15H,1-5,7-9,12-13H2. The molecular weight excluding hydrogens is 346 g/mol. The molecule has 5 rings (SSSR count). The van der Waals surface area contributed by atoms with Gasteiger partial charge in [0, 0.05) is 42.4 Å². The van der Waals surface area contributed by atoms with Gasteiger partial charge in [0.25, 0.3) is 0 Å². The number of thiophene rings is 1. The van der Waals surface area contributed by atoms with Crippen LogP contribution < -0.4 is 0 Å². The van der Waals surface area contributed by atoms with E-state index in [1.807, 2.05) is 11.3 Å². The smallest absolute Gasteiger partial charge is 0.226 e. The van der Waals surface area contributed by atoms with Crippen LogP contribution in [0.15, 0.2) is 22.0 Å². The number of rotatable bonds is 4. The Labute approximate surface area is 158 Å². The summed E-state index contributed by atoms with van der Waals surface area (Å²) in [5.74, 6) is 2.22. The number of piperidine rings is 1. The van der Waals surface area contributed by atoms with Gasteiger partial charge in [0.1, 0.15) is 5.76 Å². The van der Waals surface area contributed by atoms with Gasteiger partial charge in [0.15, 0.2) is 0 Å². The third-order valence-electron chi connectivity index (χ3n) is 6.00. The SMILES string of the molecule is O=C(C1CCN(Cc2cc(C3CC3)on2)CC1)N1CCc2sccc2C1. The molecule has 2 fully saturated rings. The maximum Gasteiger partial charge on any atom is 0.226 e. The van der Waals surface area contributed by atoms with Gasteiger partial charge < -0.3 is 9.42 Å². The Bertz CT molecular complexity index is 787. The molecule has 2 aromatic rings. The highest BCUT2D eigenvalue weighted by Crippen LogP contribution is 2.40. The number of fused-ring (bicyclic) bond motifs is 1. The van der Waals surface area contributed by atoms with Crippen molar-refractivity contribution in [2.24, 2.45) is 5.92 Å². The third kappa shape index (κ3) is 3.32. The van der Waals surface area contributed by atoms with Crippen molar-refractivity contribution in [3.05, 3.63) is 39.4 Å². The van der Waals surface area contributed by atoms with Crippen molar-refractivity contribution in [3.8, 4) is 0 Å². The molecule has 3 aliphatic rings. The van der Waals surface area contributed by atoms with Crippen molar-refractivity contribution in [1.29, 1.82) is 0 Å². The zero-order valence-corrected chi connectivity index (χ0v) is 15.8. The summed E-state index contributed by atoms with van der Waals surface area (Å²) >= 11 is 1.82. The first kappa shape index (κ1) is 16.5. The topological polar surface area (TPSA) is 49.6 Å². The highest BCUT2D eigenvalue weighted by Gasteiger charge is 2.31. The van der Waals surface area contributed by atoms with Crippen LogP contribution in [0.4, 0.5) is 0 Å². The number of likely N-dealkylation sites (tertiary alicyclic amines) is 1. The van der Waals surface area contributed by atoms with E-state index in [9.17, 15) is 4.79 Å². The molecule has 0 radical (unpaired) electrons. The van der Waals surface area contributed by atoms with Crippen molar-refractivity contribution >= 4 is 17.2 Å². The van der Waals surface area contributed by atoms with Crippen LogP contribution in [-0.4, -0.2) is 40.5 Å². The van der Waals surface area contributed by atoms with Gasteiger partial charge in [-0.15, -0.1) is 11.3 Å². The van der Waals surface area contributed by atoms with E-state index < -0.39 is 0 Å². The molecule has 26 heavy (non-hydrogen) atoms. The molecule has 4 heterocycles. The Kier molecular flexibility index (Phi) is 4.33. The van der Waals surface area contributed by atoms with Crippen molar-refractivity contribution in [2.45, 2.75) is 51.1 Å². The summed E-state index contributed by atoms with van der Waals surface area (Å²) in [5.41, 5.74) is 2.39. The highest BCUT2D eigenvalue weighted by molar-refractivity contribution is 7.10. The molecule has 2 aliphatic heterocycles. The van der Waals surface area contributed by atoms with Gasteiger partial charge in [-0.05, 0) is 62.2 Å². The molecule has 2 aromatic heterocycles. The number of hydrogen-bond donors (Lipinski definition) is 0. The summed E-state index contributed by atoms with van der Waals surface area (Å²) in [6.07, 6.45) is 5.42. The summed E-state index contributed by atoms with van der Waals surface area (Å²) in [5, 5.41) is 6.37. The lowest BCUT2D eigenvalue weighted by atomic mass is 9.94. The molecule has 5 nitrogen and oxygen atoms in total. The zero-order valence-electron chi connectivity index (χ0n) is 15.0. The van der Waals surface area contributed by atoms with Crippen LogP contribution in [0.3, 0.4) is 0 Å². The average molecular weight is 372 g/mol. The van der Waals surface area contributed by atoms with Crippen molar-refractivity contribution < 1.29 is 9.32 Å². The molecule has 0 aromatic carbocycles. The summed E-state index contributed by atoms with van der Waals surface area (Å²) < 4.78 is 5.45. The predicted molar refractivity (Wildman–Crippen MR) is 99.9 cm³/mol. The van der Waals surface area contributed by atoms with Crippen LogP contribution in [0.5, 0.6) is 0 Å². The molecule has 0 N–H and O–H groups in total. The first-order chi connectivity index (χ1) is 12.8. The summed E-state index contributed by atoms with van der Waals surface area (Å²) in [6, 6.07) is 4.30. The minimum Gasteiger partial charge on any atom is -0.361 e. The number of aromatic nitrogens is 1. The van der Waals surface area contributed by atoms with Gasteiger partial charge in [0.05, 0.1) is 5.69 Å². The van der Waals surface area contributed by atoms with Gasteiger partial charge in [-0.25, -0.2) is 0 Å². The van der Waals surface area contributed by atoms with E-state index in [0.29, 0.717) is 11.8 Å². The second-order valence-electron chi connectivity index (χ2n) is 7.92. The van der Waals surface area contributed by atoms with Crippen LogP contribution in [0.25, 0.3) is 0 Å². The Balaban J connectivity index is 1.13. The van der Waals surface area contributed by atoms with Gasteiger partial charge in [0.2, 0.25) is 5.91 Å². The number of carbonyl (C=O) groups excluding carboxylic acids is 1. The molecule has 1 amide bonds. The molecular formula is C20H25N3O2S. The number of hydrogen-bond acceptors (Lipinski definition) is 5. The van der Waals surface area contributed by atoms with Crippen molar-refractivity contribution in [3.63, 3.8) is 0 Å². The van der Waals surface area contributed by atoms with E-state index in [2.05, 4.69) is 32.5 Å². The van der Waals surface area contributed by atoms with Crippen LogP contribution in [-0.2, 0) is 24.3 Å². The molecule has 6 heteroatoms. The first-order valence-electron chi connectivity index (χ1n) is 9.78. The number of nitrogens with zero attached hydrogens (tertiary/aromatic N) is 3.